The van der Waals surface area contributed by atoms with Crippen LogP contribution in [-0.2, 0) is 0 Å². The van der Waals surface area contributed by atoms with Gasteiger partial charge < -0.3 is 0 Å². The van der Waals surface area contributed by atoms with E-state index in [9.17, 15) is 0 Å². The first-order chi connectivity index (χ1) is 2.91. The molecule has 0 heterocycles. The van der Waals surface area contributed by atoms with Crippen molar-refractivity contribution in [3.63, 3.8) is 0 Å². The highest BCUT2D eigenvalue weighted by molar-refractivity contribution is 4.31. The maximum absolute atomic E-state index is 2.23. The predicted octanol–water partition coefficient (Wildman–Crippen LogP) is 7.04. The molecular formula is C13H42. The van der Waals surface area contributed by atoms with Crippen LogP contribution in [0.4, 0.5) is 0 Å². The highest BCUT2D eigenvalue weighted by Gasteiger charge is 1.75. The molecule has 0 N–H and O–H groups in total. The van der Waals surface area contributed by atoms with Crippen LogP contribution in [-0.4, -0.2) is 0 Å². The van der Waals surface area contributed by atoms with E-state index in [0.717, 1.165) is 0 Å². The molecule has 0 saturated carbocycles. The van der Waals surface area contributed by atoms with Crippen molar-refractivity contribution in [3.05, 3.63) is 0 Å². The zero-order valence-electron chi connectivity index (χ0n) is 4.83. The van der Waals surface area contributed by atoms with Gasteiger partial charge in [-0.25, -0.2) is 0 Å². The third kappa shape index (κ3) is 133. The van der Waals surface area contributed by atoms with Crippen molar-refractivity contribution >= 4 is 0 Å². The van der Waals surface area contributed by atoms with E-state index in [0.29, 0.717) is 0 Å². The maximum atomic E-state index is 2.23. The molecular weight excluding hydrogens is 156 g/mol. The predicted molar refractivity (Wildman–Crippen MR) is 76.9 cm³/mol. The van der Waals surface area contributed by atoms with Gasteiger partial charge in [0.25, 0.3) is 0 Å². The Balaban J connectivity index is -0.00000000595. The Morgan fingerprint density at radius 1 is 0.462 bits per heavy atom. The van der Waals surface area contributed by atoms with Gasteiger partial charge in [0.1, 0.15) is 0 Å². The largest absolute Gasteiger partial charge is 0.0776 e. The molecule has 0 unspecified atom stereocenters. The monoisotopic (exact) mass is 198 g/mol. The summed E-state index contributed by atoms with van der Waals surface area (Å²) in [6.07, 6.45) is 5.54. The van der Waals surface area contributed by atoms with E-state index >= 15 is 0 Å². The van der Waals surface area contributed by atoms with E-state index in [1.54, 1.807) is 0 Å². The Labute approximate surface area is 92.2 Å². The smallest absolute Gasteiger partial charge is 0.0536 e. The van der Waals surface area contributed by atoms with Crippen LogP contribution in [0.25, 0.3) is 0 Å². The van der Waals surface area contributed by atoms with E-state index in [1.807, 2.05) is 0 Å². The summed E-state index contributed by atoms with van der Waals surface area (Å²) in [5.74, 6) is 0. The standard InChI is InChI=1S/C6H14.7CH4/c1-3-5-6-4-2;;;;;;;/h3-6H2,1-2H3;7*1H4. The maximum Gasteiger partial charge on any atom is -0.0536 e. The van der Waals surface area contributed by atoms with E-state index in [-0.39, 0.29) is 52.0 Å². The summed E-state index contributed by atoms with van der Waals surface area (Å²) in [7, 11) is 0. The lowest BCUT2D eigenvalue weighted by molar-refractivity contribution is 0.702. The highest BCUT2D eigenvalue weighted by Crippen LogP contribution is 1.95. The van der Waals surface area contributed by atoms with E-state index in [4.69, 9.17) is 0 Å². The molecule has 0 atom stereocenters. The van der Waals surface area contributed by atoms with Gasteiger partial charge in [0.05, 0.1) is 0 Å². The minimum atomic E-state index is 0. The molecule has 0 aliphatic carbocycles. The lowest BCUT2D eigenvalue weighted by Crippen LogP contribution is -1.66. The van der Waals surface area contributed by atoms with Gasteiger partial charge in [0, 0.05) is 0 Å². The lowest BCUT2D eigenvalue weighted by Gasteiger charge is -1.86. The third-order valence-electron chi connectivity index (χ3n) is 0.957. The van der Waals surface area contributed by atoms with E-state index < -0.39 is 0 Å². The molecule has 0 rings (SSSR count). The van der Waals surface area contributed by atoms with Crippen molar-refractivity contribution in [2.24, 2.45) is 0 Å². The fourth-order valence-electron chi connectivity index (χ4n) is 0.500. The SMILES string of the molecule is C.C.C.C.C.C.C.CCCCCC. The lowest BCUT2D eigenvalue weighted by atomic mass is 10.2. The van der Waals surface area contributed by atoms with Gasteiger partial charge in [-0.05, 0) is 0 Å². The molecule has 0 fully saturated rings. The second-order valence-corrected chi connectivity index (χ2v) is 1.71. The van der Waals surface area contributed by atoms with Crippen LogP contribution in [0, 0.1) is 0 Å². The summed E-state index contributed by atoms with van der Waals surface area (Å²) in [6.45, 7) is 4.46. The quantitative estimate of drug-likeness (QED) is 0.427. The molecule has 0 heteroatoms. The van der Waals surface area contributed by atoms with Crippen LogP contribution < -0.4 is 0 Å². The molecule has 0 spiro atoms. The van der Waals surface area contributed by atoms with Crippen molar-refractivity contribution in [1.82, 2.24) is 0 Å². The van der Waals surface area contributed by atoms with Gasteiger partial charge in [-0.3, -0.25) is 0 Å². The topological polar surface area (TPSA) is 0 Å². The normalized spacial score (nSPS) is 4.15. The molecule has 0 aliphatic rings. The number of rotatable bonds is 3. The average Bonchev–Trinajstić information content (AvgIpc) is 1.61. The second-order valence-electron chi connectivity index (χ2n) is 1.71. The average molecular weight is 198 g/mol. The summed E-state index contributed by atoms with van der Waals surface area (Å²) in [4.78, 5) is 0. The van der Waals surface area contributed by atoms with Crippen LogP contribution in [0.15, 0.2) is 0 Å². The first kappa shape index (κ1) is 74.9. The minimum absolute atomic E-state index is 0. The van der Waals surface area contributed by atoms with Crippen molar-refractivity contribution in [1.29, 1.82) is 0 Å². The molecule has 0 radical (unpaired) electrons. The summed E-state index contributed by atoms with van der Waals surface area (Å²) in [5.41, 5.74) is 0. The highest BCUT2D eigenvalue weighted by atomic mass is 13.8. The molecule has 0 aromatic carbocycles. The Kier molecular flexibility index (Phi) is 523. The summed E-state index contributed by atoms with van der Waals surface area (Å²) in [6, 6.07) is 0. The Morgan fingerprint density at radius 3 is 0.692 bits per heavy atom. The van der Waals surface area contributed by atoms with Crippen LogP contribution >= 0.6 is 0 Å². The zero-order chi connectivity index (χ0) is 4.83. The van der Waals surface area contributed by atoms with Crippen molar-refractivity contribution in [3.8, 4) is 0 Å². The molecule has 0 aliphatic heterocycles. The van der Waals surface area contributed by atoms with E-state index in [1.165, 1.54) is 25.7 Å². The minimum Gasteiger partial charge on any atom is -0.0776 e. The number of hydrogen-bond acceptors (Lipinski definition) is 0. The summed E-state index contributed by atoms with van der Waals surface area (Å²) >= 11 is 0. The van der Waals surface area contributed by atoms with Crippen molar-refractivity contribution in [2.45, 2.75) is 91.5 Å². The van der Waals surface area contributed by atoms with Gasteiger partial charge in [-0.2, -0.15) is 0 Å². The summed E-state index contributed by atoms with van der Waals surface area (Å²) < 4.78 is 0. The van der Waals surface area contributed by atoms with Crippen molar-refractivity contribution < 1.29 is 0 Å². The molecule has 0 bridgehead atoms. The Hall–Kier alpha value is 0. The number of unbranched alkanes of at least 4 members (excludes halogenated alkanes) is 3. The first-order valence-electron chi connectivity index (χ1n) is 2.91. The Morgan fingerprint density at radius 2 is 0.615 bits per heavy atom. The van der Waals surface area contributed by atoms with Crippen LogP contribution in [0.2, 0.25) is 0 Å². The Bertz CT molecular complexity index is 12.0. The molecule has 94 valence electrons. The fraction of sp³-hybridized carbons (Fsp3) is 1.00. The molecule has 0 saturated heterocycles. The third-order valence-corrected chi connectivity index (χ3v) is 0.957. The van der Waals surface area contributed by atoms with Gasteiger partial charge in [-0.15, -0.1) is 0 Å². The van der Waals surface area contributed by atoms with Crippen LogP contribution in [0.1, 0.15) is 91.5 Å². The van der Waals surface area contributed by atoms with Crippen LogP contribution in [0.3, 0.4) is 0 Å². The summed E-state index contributed by atoms with van der Waals surface area (Å²) in [5, 5.41) is 0. The van der Waals surface area contributed by atoms with Gasteiger partial charge in [0.2, 0.25) is 0 Å². The molecule has 13 heavy (non-hydrogen) atoms. The van der Waals surface area contributed by atoms with Crippen LogP contribution in [0.5, 0.6) is 0 Å². The first-order valence-corrected chi connectivity index (χ1v) is 2.91. The molecule has 0 nitrogen and oxygen atoms in total. The number of hydrogen-bond donors (Lipinski definition) is 0. The van der Waals surface area contributed by atoms with Gasteiger partial charge in [-0.1, -0.05) is 91.5 Å². The van der Waals surface area contributed by atoms with Crippen molar-refractivity contribution in [2.75, 3.05) is 0 Å². The molecule has 0 aromatic heterocycles. The van der Waals surface area contributed by atoms with Gasteiger partial charge in [0.15, 0.2) is 0 Å². The zero-order valence-corrected chi connectivity index (χ0v) is 4.83. The second kappa shape index (κ2) is 90.8. The molecule has 0 amide bonds. The van der Waals surface area contributed by atoms with Gasteiger partial charge >= 0.3 is 0 Å². The molecule has 0 aromatic rings. The van der Waals surface area contributed by atoms with E-state index in [2.05, 4.69) is 13.8 Å². The fourth-order valence-corrected chi connectivity index (χ4v) is 0.500.